The third-order valence-electron chi connectivity index (χ3n) is 5.17. The number of likely N-dealkylation sites (tertiary alicyclic amines) is 1. The van der Waals surface area contributed by atoms with E-state index in [4.69, 9.17) is 0 Å². The fourth-order valence-corrected chi connectivity index (χ4v) is 3.41. The number of rotatable bonds is 7. The Morgan fingerprint density at radius 1 is 1.32 bits per heavy atom. The zero-order valence-corrected chi connectivity index (χ0v) is 16.5. The second-order valence-corrected chi connectivity index (χ2v) is 7.38. The highest BCUT2D eigenvalue weighted by atomic mass is 15.2. The molecule has 0 radical (unpaired) electrons. The summed E-state index contributed by atoms with van der Waals surface area (Å²) in [6.07, 6.45) is 5.02. The first kappa shape index (κ1) is 19.8. The van der Waals surface area contributed by atoms with E-state index in [2.05, 4.69) is 65.6 Å². The van der Waals surface area contributed by atoms with Crippen molar-refractivity contribution in [2.45, 2.75) is 58.4 Å². The number of nitrogens with one attached hydrogen (secondary N) is 2. The van der Waals surface area contributed by atoms with Crippen molar-refractivity contribution in [1.82, 2.24) is 15.5 Å². The second-order valence-electron chi connectivity index (χ2n) is 7.38. The van der Waals surface area contributed by atoms with Crippen LogP contribution in [-0.2, 0) is 0 Å². The van der Waals surface area contributed by atoms with Gasteiger partial charge >= 0.3 is 0 Å². The van der Waals surface area contributed by atoms with Gasteiger partial charge in [0, 0.05) is 32.7 Å². The molecule has 1 saturated heterocycles. The van der Waals surface area contributed by atoms with E-state index in [1.807, 2.05) is 7.05 Å². The van der Waals surface area contributed by atoms with Crippen LogP contribution in [0, 0.1) is 6.92 Å². The van der Waals surface area contributed by atoms with E-state index in [-0.39, 0.29) is 0 Å². The minimum absolute atomic E-state index is 0.467. The molecule has 1 aromatic carbocycles. The normalized spacial score (nSPS) is 18.2. The lowest BCUT2D eigenvalue weighted by atomic mass is 9.99. The van der Waals surface area contributed by atoms with Crippen LogP contribution in [-0.4, -0.2) is 50.1 Å². The van der Waals surface area contributed by atoms with Crippen LogP contribution in [0.15, 0.2) is 29.3 Å². The van der Waals surface area contributed by atoms with Crippen molar-refractivity contribution in [3.05, 3.63) is 35.4 Å². The summed E-state index contributed by atoms with van der Waals surface area (Å²) >= 11 is 0. The number of nitrogens with zero attached hydrogens (tertiary/aromatic N) is 2. The van der Waals surface area contributed by atoms with Gasteiger partial charge in [-0.25, -0.2) is 0 Å². The van der Waals surface area contributed by atoms with E-state index < -0.39 is 0 Å². The molecule has 1 unspecified atom stereocenters. The maximum absolute atomic E-state index is 4.41. The van der Waals surface area contributed by atoms with Crippen LogP contribution in [0.4, 0.5) is 0 Å². The fourth-order valence-electron chi connectivity index (χ4n) is 3.41. The van der Waals surface area contributed by atoms with Crippen molar-refractivity contribution >= 4 is 5.96 Å². The van der Waals surface area contributed by atoms with Gasteiger partial charge in [-0.3, -0.25) is 4.99 Å². The van der Waals surface area contributed by atoms with Crippen molar-refractivity contribution < 1.29 is 0 Å². The van der Waals surface area contributed by atoms with Gasteiger partial charge in [0.1, 0.15) is 0 Å². The SMILES string of the molecule is CCCCN1CCC(NC(=NC)NCC(C)c2cccc(C)c2)CC1. The highest BCUT2D eigenvalue weighted by molar-refractivity contribution is 5.80. The van der Waals surface area contributed by atoms with Gasteiger partial charge in [0.25, 0.3) is 0 Å². The minimum Gasteiger partial charge on any atom is -0.356 e. The van der Waals surface area contributed by atoms with Crippen LogP contribution in [0.25, 0.3) is 0 Å². The van der Waals surface area contributed by atoms with E-state index in [0.717, 1.165) is 12.5 Å². The summed E-state index contributed by atoms with van der Waals surface area (Å²) in [5.41, 5.74) is 2.70. The number of aryl methyl sites for hydroxylation is 1. The Balaban J connectivity index is 1.74. The van der Waals surface area contributed by atoms with E-state index >= 15 is 0 Å². The lowest BCUT2D eigenvalue weighted by molar-refractivity contribution is 0.203. The van der Waals surface area contributed by atoms with Crippen molar-refractivity contribution in [3.8, 4) is 0 Å². The summed E-state index contributed by atoms with van der Waals surface area (Å²) in [6, 6.07) is 9.31. The third kappa shape index (κ3) is 6.69. The van der Waals surface area contributed by atoms with Gasteiger partial charge in [-0.05, 0) is 44.2 Å². The molecular formula is C21H36N4. The number of piperidine rings is 1. The number of unbranched alkanes of at least 4 members (excludes halogenated alkanes) is 1. The monoisotopic (exact) mass is 344 g/mol. The van der Waals surface area contributed by atoms with Crippen LogP contribution in [0.5, 0.6) is 0 Å². The molecule has 140 valence electrons. The minimum atomic E-state index is 0.467. The molecule has 2 rings (SSSR count). The Labute approximate surface area is 154 Å². The summed E-state index contributed by atoms with van der Waals surface area (Å²) in [4.78, 5) is 7.01. The Kier molecular flexibility index (Phi) is 8.26. The Morgan fingerprint density at radius 3 is 2.72 bits per heavy atom. The lowest BCUT2D eigenvalue weighted by Gasteiger charge is -2.33. The Hall–Kier alpha value is -1.55. The summed E-state index contributed by atoms with van der Waals surface area (Å²) in [6.45, 7) is 11.2. The van der Waals surface area contributed by atoms with Gasteiger partial charge in [-0.1, -0.05) is 50.1 Å². The van der Waals surface area contributed by atoms with Gasteiger partial charge in [-0.2, -0.15) is 0 Å². The molecule has 1 atom stereocenters. The first-order chi connectivity index (χ1) is 12.1. The maximum Gasteiger partial charge on any atom is 0.191 e. The predicted octanol–water partition coefficient (Wildman–Crippen LogP) is 3.53. The van der Waals surface area contributed by atoms with E-state index in [0.29, 0.717) is 12.0 Å². The lowest BCUT2D eigenvalue weighted by Crippen LogP contribution is -2.49. The zero-order valence-electron chi connectivity index (χ0n) is 16.5. The molecule has 0 amide bonds. The average molecular weight is 345 g/mol. The summed E-state index contributed by atoms with van der Waals surface area (Å²) in [7, 11) is 1.86. The van der Waals surface area contributed by atoms with Crippen molar-refractivity contribution in [2.24, 2.45) is 4.99 Å². The zero-order chi connectivity index (χ0) is 18.1. The van der Waals surface area contributed by atoms with Crippen molar-refractivity contribution in [2.75, 3.05) is 33.2 Å². The fraction of sp³-hybridized carbons (Fsp3) is 0.667. The highest BCUT2D eigenvalue weighted by Crippen LogP contribution is 2.15. The number of benzene rings is 1. The van der Waals surface area contributed by atoms with Crippen molar-refractivity contribution in [3.63, 3.8) is 0 Å². The van der Waals surface area contributed by atoms with Crippen LogP contribution in [0.1, 0.15) is 56.6 Å². The highest BCUT2D eigenvalue weighted by Gasteiger charge is 2.19. The molecule has 25 heavy (non-hydrogen) atoms. The van der Waals surface area contributed by atoms with Gasteiger partial charge < -0.3 is 15.5 Å². The molecule has 1 heterocycles. The van der Waals surface area contributed by atoms with Crippen LogP contribution in [0.3, 0.4) is 0 Å². The molecule has 1 aliphatic heterocycles. The number of guanidine groups is 1. The quantitative estimate of drug-likeness (QED) is 0.587. The molecule has 1 aromatic rings. The molecule has 4 heteroatoms. The second kappa shape index (κ2) is 10.4. The van der Waals surface area contributed by atoms with Gasteiger partial charge in [-0.15, -0.1) is 0 Å². The first-order valence-electron chi connectivity index (χ1n) is 9.88. The predicted molar refractivity (Wildman–Crippen MR) is 108 cm³/mol. The smallest absolute Gasteiger partial charge is 0.191 e. The summed E-state index contributed by atoms with van der Waals surface area (Å²) in [5, 5.41) is 7.12. The van der Waals surface area contributed by atoms with Crippen LogP contribution < -0.4 is 10.6 Å². The molecule has 1 aliphatic rings. The summed E-state index contributed by atoms with van der Waals surface area (Å²) < 4.78 is 0. The maximum atomic E-state index is 4.41. The van der Waals surface area contributed by atoms with Gasteiger partial charge in [0.05, 0.1) is 0 Å². The molecule has 4 nitrogen and oxygen atoms in total. The van der Waals surface area contributed by atoms with Gasteiger partial charge in [0.15, 0.2) is 5.96 Å². The van der Waals surface area contributed by atoms with E-state index in [1.165, 1.54) is 56.4 Å². The number of aliphatic imine (C=N–C) groups is 1. The average Bonchev–Trinajstić information content (AvgIpc) is 2.64. The van der Waals surface area contributed by atoms with Crippen molar-refractivity contribution in [1.29, 1.82) is 0 Å². The Bertz CT molecular complexity index is 532. The van der Waals surface area contributed by atoms with E-state index in [1.54, 1.807) is 0 Å². The molecule has 0 aliphatic carbocycles. The molecule has 0 aromatic heterocycles. The molecule has 2 N–H and O–H groups in total. The largest absolute Gasteiger partial charge is 0.356 e. The number of hydrogen-bond acceptors (Lipinski definition) is 2. The first-order valence-corrected chi connectivity index (χ1v) is 9.88. The Morgan fingerprint density at radius 2 is 2.08 bits per heavy atom. The third-order valence-corrected chi connectivity index (χ3v) is 5.17. The van der Waals surface area contributed by atoms with Gasteiger partial charge in [0.2, 0.25) is 0 Å². The molecule has 0 bridgehead atoms. The number of hydrogen-bond donors (Lipinski definition) is 2. The van der Waals surface area contributed by atoms with Crippen LogP contribution >= 0.6 is 0 Å². The molecule has 0 spiro atoms. The topological polar surface area (TPSA) is 39.7 Å². The van der Waals surface area contributed by atoms with Crippen LogP contribution in [0.2, 0.25) is 0 Å². The standard InChI is InChI=1S/C21H36N4/c1-5-6-12-25-13-10-20(11-14-25)24-21(22-4)23-16-18(3)19-9-7-8-17(2)15-19/h7-9,15,18,20H,5-6,10-14,16H2,1-4H3,(H2,22,23,24). The molecule has 0 saturated carbocycles. The summed E-state index contributed by atoms with van der Waals surface area (Å²) in [5.74, 6) is 1.40. The molecular weight excluding hydrogens is 308 g/mol. The van der Waals surface area contributed by atoms with E-state index in [9.17, 15) is 0 Å². The molecule has 1 fully saturated rings.